The van der Waals surface area contributed by atoms with Crippen molar-refractivity contribution in [2.24, 2.45) is 0 Å². The lowest BCUT2D eigenvalue weighted by Crippen LogP contribution is -2.49. The highest BCUT2D eigenvalue weighted by Crippen LogP contribution is 2.30. The average molecular weight is 502 g/mol. The third kappa shape index (κ3) is 5.12. The summed E-state index contributed by atoms with van der Waals surface area (Å²) in [7, 11) is -3.53. The molecule has 2 heterocycles. The number of nitrogens with zero attached hydrogens (tertiary/aromatic N) is 1. The van der Waals surface area contributed by atoms with E-state index in [1.54, 1.807) is 36.4 Å². The van der Waals surface area contributed by atoms with Crippen LogP contribution in [0.4, 0.5) is 4.79 Å². The number of sulfone groups is 1. The molecule has 3 aromatic carbocycles. The first-order valence-electron chi connectivity index (χ1n) is 12.1. The third-order valence-corrected chi connectivity index (χ3v) is 8.21. The fourth-order valence-electron chi connectivity index (χ4n) is 4.82. The molecule has 0 atom stereocenters. The molecule has 0 saturated carbocycles. The average Bonchev–Trinajstić information content (AvgIpc) is 3.55. The van der Waals surface area contributed by atoms with Gasteiger partial charge in [0.05, 0.1) is 18.0 Å². The molecule has 0 bridgehead atoms. The minimum Gasteiger partial charge on any atom is -0.415 e. The van der Waals surface area contributed by atoms with Gasteiger partial charge in [-0.05, 0) is 41.5 Å². The number of hydrogen-bond acceptors (Lipinski definition) is 4. The van der Waals surface area contributed by atoms with E-state index in [0.29, 0.717) is 6.54 Å². The zero-order valence-electron chi connectivity index (χ0n) is 20.0. The van der Waals surface area contributed by atoms with Crippen LogP contribution in [0.25, 0.3) is 17.0 Å². The lowest BCUT2D eigenvalue weighted by Gasteiger charge is -2.29. The Hall–Kier alpha value is -3.68. The van der Waals surface area contributed by atoms with Crippen molar-refractivity contribution in [1.29, 1.82) is 0 Å². The SMILES string of the molecule is O=C(OCc1ccccc1)[N+]1(Cc2c[nH]c3ccc(C=CS(=O)(=O)c4ccccc4)cc23)CCCC1. The van der Waals surface area contributed by atoms with Crippen molar-refractivity contribution in [3.05, 3.63) is 107 Å². The van der Waals surface area contributed by atoms with Crippen molar-refractivity contribution in [2.45, 2.75) is 30.9 Å². The number of aromatic nitrogens is 1. The molecule has 5 rings (SSSR count). The summed E-state index contributed by atoms with van der Waals surface area (Å²) in [4.78, 5) is 16.8. The van der Waals surface area contributed by atoms with Gasteiger partial charge in [-0.3, -0.25) is 0 Å². The molecule has 0 radical (unpaired) electrons. The van der Waals surface area contributed by atoms with Crippen LogP contribution in [-0.4, -0.2) is 37.1 Å². The van der Waals surface area contributed by atoms with E-state index in [1.165, 1.54) is 5.41 Å². The highest BCUT2D eigenvalue weighted by atomic mass is 32.2. The number of carbonyl (C=O) groups excluding carboxylic acids is 1. The van der Waals surface area contributed by atoms with Crippen LogP contribution in [0.3, 0.4) is 0 Å². The summed E-state index contributed by atoms with van der Waals surface area (Å²) >= 11 is 0. The molecule has 0 unspecified atom stereocenters. The van der Waals surface area contributed by atoms with Gasteiger partial charge in [-0.2, -0.15) is 4.79 Å². The van der Waals surface area contributed by atoms with E-state index in [-0.39, 0.29) is 22.1 Å². The molecule has 7 heteroatoms. The minimum absolute atomic E-state index is 0.198. The van der Waals surface area contributed by atoms with Crippen LogP contribution < -0.4 is 0 Å². The monoisotopic (exact) mass is 501 g/mol. The Labute approximate surface area is 211 Å². The Morgan fingerprint density at radius 2 is 1.64 bits per heavy atom. The fourth-order valence-corrected chi connectivity index (χ4v) is 5.85. The molecule has 1 saturated heterocycles. The molecular formula is C29H29N2O4S+. The minimum atomic E-state index is -3.53. The van der Waals surface area contributed by atoms with Crippen molar-refractivity contribution in [2.75, 3.05) is 13.1 Å². The van der Waals surface area contributed by atoms with Gasteiger partial charge in [-0.15, -0.1) is 0 Å². The number of rotatable bonds is 7. The molecule has 1 aliphatic heterocycles. The zero-order chi connectivity index (χ0) is 25.0. The maximum absolute atomic E-state index is 13.3. The van der Waals surface area contributed by atoms with Gasteiger partial charge < -0.3 is 9.72 Å². The number of H-pyrrole nitrogens is 1. The predicted molar refractivity (Wildman–Crippen MR) is 141 cm³/mol. The van der Waals surface area contributed by atoms with Crippen LogP contribution in [0.5, 0.6) is 0 Å². The highest BCUT2D eigenvalue weighted by molar-refractivity contribution is 7.94. The van der Waals surface area contributed by atoms with Crippen LogP contribution in [0.15, 0.2) is 95.4 Å². The first-order valence-corrected chi connectivity index (χ1v) is 13.7. The van der Waals surface area contributed by atoms with Gasteiger partial charge in [0.15, 0.2) is 9.84 Å². The van der Waals surface area contributed by atoms with Crippen LogP contribution in [-0.2, 0) is 27.7 Å². The number of amides is 1. The number of carbonyl (C=O) groups is 1. The Morgan fingerprint density at radius 3 is 2.36 bits per heavy atom. The van der Waals surface area contributed by atoms with E-state index in [2.05, 4.69) is 4.98 Å². The summed E-state index contributed by atoms with van der Waals surface area (Å²) in [5.41, 5.74) is 3.72. The summed E-state index contributed by atoms with van der Waals surface area (Å²) in [6.07, 6.45) is 5.33. The molecule has 184 valence electrons. The molecule has 1 aromatic heterocycles. The van der Waals surface area contributed by atoms with Crippen molar-refractivity contribution in [3.8, 4) is 0 Å². The zero-order valence-corrected chi connectivity index (χ0v) is 20.8. The number of benzene rings is 3. The van der Waals surface area contributed by atoms with Gasteiger partial charge in [0.1, 0.15) is 13.2 Å². The van der Waals surface area contributed by atoms with E-state index in [1.807, 2.05) is 54.7 Å². The molecule has 1 N–H and O–H groups in total. The van der Waals surface area contributed by atoms with Gasteiger partial charge in [-0.1, -0.05) is 54.6 Å². The number of fused-ring (bicyclic) bond motifs is 1. The standard InChI is InChI=1S/C29H29N2O4S/c32-29(35-22-24-9-3-1-4-10-24)31(16-7-8-17-31)21-25-20-30-28-14-13-23(19-27(25)28)15-18-36(33,34)26-11-5-2-6-12-26/h1-6,9-15,18-20,30H,7-8,16-17,21-22H2/q+1. The largest absolute Gasteiger partial charge is 0.516 e. The van der Waals surface area contributed by atoms with Crippen LogP contribution in [0, 0.1) is 0 Å². The van der Waals surface area contributed by atoms with E-state index in [0.717, 1.165) is 53.5 Å². The van der Waals surface area contributed by atoms with E-state index >= 15 is 0 Å². The number of ether oxygens (including phenoxy) is 1. The first-order chi connectivity index (χ1) is 17.5. The van der Waals surface area contributed by atoms with Gasteiger partial charge in [0, 0.05) is 40.9 Å². The van der Waals surface area contributed by atoms with Gasteiger partial charge in [0.2, 0.25) is 0 Å². The van der Waals surface area contributed by atoms with Crippen molar-refractivity contribution < 1.29 is 22.4 Å². The summed E-state index contributed by atoms with van der Waals surface area (Å²) < 4.78 is 31.3. The summed E-state index contributed by atoms with van der Waals surface area (Å²) in [5.74, 6) is 0. The third-order valence-electron chi connectivity index (χ3n) is 6.79. The van der Waals surface area contributed by atoms with Crippen LogP contribution >= 0.6 is 0 Å². The molecule has 6 nitrogen and oxygen atoms in total. The number of aromatic amines is 1. The van der Waals surface area contributed by atoms with Gasteiger partial charge in [0.25, 0.3) is 0 Å². The van der Waals surface area contributed by atoms with E-state index < -0.39 is 9.84 Å². The van der Waals surface area contributed by atoms with Crippen molar-refractivity contribution in [3.63, 3.8) is 0 Å². The predicted octanol–water partition coefficient (Wildman–Crippen LogP) is 6.06. The van der Waals surface area contributed by atoms with E-state index in [4.69, 9.17) is 4.74 Å². The normalized spacial score (nSPS) is 15.4. The highest BCUT2D eigenvalue weighted by Gasteiger charge is 2.42. The molecule has 36 heavy (non-hydrogen) atoms. The molecule has 1 fully saturated rings. The van der Waals surface area contributed by atoms with Crippen LogP contribution in [0.1, 0.15) is 29.5 Å². The summed E-state index contributed by atoms with van der Waals surface area (Å²) in [6.45, 7) is 2.28. The molecule has 4 aromatic rings. The fraction of sp³-hybridized carbons (Fsp3) is 0.207. The molecule has 0 aliphatic carbocycles. The second-order valence-corrected chi connectivity index (χ2v) is 11.1. The first kappa shape index (κ1) is 24.0. The number of quaternary nitrogens is 1. The second kappa shape index (κ2) is 10.1. The Balaban J connectivity index is 1.37. The van der Waals surface area contributed by atoms with Crippen LogP contribution in [0.2, 0.25) is 0 Å². The molecule has 0 spiro atoms. The lowest BCUT2D eigenvalue weighted by molar-refractivity contribution is -0.859. The van der Waals surface area contributed by atoms with Crippen molar-refractivity contribution in [1.82, 2.24) is 4.98 Å². The summed E-state index contributed by atoms with van der Waals surface area (Å²) in [6, 6.07) is 23.9. The molecule has 1 aliphatic rings. The number of likely N-dealkylation sites (tertiary alicyclic amines) is 1. The maximum atomic E-state index is 13.3. The topological polar surface area (TPSA) is 76.2 Å². The lowest BCUT2D eigenvalue weighted by atomic mass is 10.1. The molecular weight excluding hydrogens is 472 g/mol. The Morgan fingerprint density at radius 1 is 0.944 bits per heavy atom. The molecule has 1 amide bonds. The second-order valence-electron chi connectivity index (χ2n) is 9.28. The quantitative estimate of drug-likeness (QED) is 0.312. The Kier molecular flexibility index (Phi) is 6.76. The van der Waals surface area contributed by atoms with Gasteiger partial charge in [-0.25, -0.2) is 12.9 Å². The maximum Gasteiger partial charge on any atom is 0.516 e. The van der Waals surface area contributed by atoms with E-state index in [9.17, 15) is 13.2 Å². The smallest absolute Gasteiger partial charge is 0.415 e. The number of hydrogen-bond donors (Lipinski definition) is 1. The van der Waals surface area contributed by atoms with Crippen molar-refractivity contribution >= 4 is 32.9 Å². The Bertz CT molecular complexity index is 1490. The van der Waals surface area contributed by atoms with Gasteiger partial charge >= 0.3 is 6.09 Å². The number of nitrogens with one attached hydrogen (secondary N) is 1. The summed E-state index contributed by atoms with van der Waals surface area (Å²) in [5, 5.41) is 2.22.